The first-order valence-corrected chi connectivity index (χ1v) is 6.04. The van der Waals surface area contributed by atoms with Gasteiger partial charge in [-0.3, -0.25) is 10.1 Å². The van der Waals surface area contributed by atoms with E-state index in [1.165, 1.54) is 18.3 Å². The summed E-state index contributed by atoms with van der Waals surface area (Å²) in [4.78, 5) is 14.5. The highest BCUT2D eigenvalue weighted by atomic mass is 16.6. The summed E-state index contributed by atoms with van der Waals surface area (Å²) in [5.41, 5.74) is 1.32. The number of aryl methyl sites for hydroxylation is 1. The number of hydrogen-bond acceptors (Lipinski definition) is 5. The van der Waals surface area contributed by atoms with Crippen LogP contribution in [0.5, 0.6) is 11.6 Å². The lowest BCUT2D eigenvalue weighted by Gasteiger charge is -2.08. The van der Waals surface area contributed by atoms with Crippen LogP contribution >= 0.6 is 0 Å². The molecule has 6 heteroatoms. The zero-order valence-corrected chi connectivity index (χ0v) is 11.1. The highest BCUT2D eigenvalue weighted by molar-refractivity contribution is 5.49. The molecule has 2 rings (SSSR count). The third-order valence-electron chi connectivity index (χ3n) is 2.77. The van der Waals surface area contributed by atoms with Crippen molar-refractivity contribution in [2.75, 3.05) is 0 Å². The third kappa shape index (κ3) is 3.10. The number of hydrogen-bond donors (Lipinski definition) is 1. The summed E-state index contributed by atoms with van der Waals surface area (Å²) in [7, 11) is 0. The second kappa shape index (κ2) is 5.66. The molecule has 104 valence electrons. The summed E-state index contributed by atoms with van der Waals surface area (Å²) in [5.74, 6) is 0.374. The highest BCUT2D eigenvalue weighted by Gasteiger charge is 2.16. The van der Waals surface area contributed by atoms with Gasteiger partial charge in [0, 0.05) is 18.3 Å². The van der Waals surface area contributed by atoms with Gasteiger partial charge < -0.3 is 9.84 Å². The molecule has 0 aliphatic heterocycles. The Balaban J connectivity index is 2.28. The molecule has 0 bridgehead atoms. The number of aromatic nitrogens is 1. The molecule has 1 heterocycles. The van der Waals surface area contributed by atoms with E-state index in [0.29, 0.717) is 5.56 Å². The average Bonchev–Trinajstić information content (AvgIpc) is 2.41. The normalized spacial score (nSPS) is 11.9. The van der Waals surface area contributed by atoms with Crippen LogP contribution in [0.25, 0.3) is 0 Å². The lowest BCUT2D eigenvalue weighted by atomic mass is 10.2. The SMILES string of the molecule is Cc1ccc(Oc2ccc([C@H](C)O)cn2)c([N+](=O)[O-])c1. The van der Waals surface area contributed by atoms with Crippen molar-refractivity contribution in [1.82, 2.24) is 4.98 Å². The highest BCUT2D eigenvalue weighted by Crippen LogP contribution is 2.31. The minimum atomic E-state index is -0.620. The molecule has 0 spiro atoms. The molecule has 1 aromatic carbocycles. The van der Waals surface area contributed by atoms with Crippen molar-refractivity contribution >= 4 is 5.69 Å². The zero-order chi connectivity index (χ0) is 14.7. The Bertz CT molecular complexity index is 624. The maximum Gasteiger partial charge on any atom is 0.311 e. The van der Waals surface area contributed by atoms with Crippen LogP contribution in [0.4, 0.5) is 5.69 Å². The van der Waals surface area contributed by atoms with E-state index in [0.717, 1.165) is 5.56 Å². The van der Waals surface area contributed by atoms with Gasteiger partial charge in [0.15, 0.2) is 0 Å². The van der Waals surface area contributed by atoms with E-state index in [9.17, 15) is 15.2 Å². The molecule has 20 heavy (non-hydrogen) atoms. The molecule has 6 nitrogen and oxygen atoms in total. The molecule has 0 aliphatic carbocycles. The molecule has 0 radical (unpaired) electrons. The Labute approximate surface area is 115 Å². The van der Waals surface area contributed by atoms with E-state index in [2.05, 4.69) is 4.98 Å². The lowest BCUT2D eigenvalue weighted by Crippen LogP contribution is -1.96. The maximum absolute atomic E-state index is 11.0. The summed E-state index contributed by atoms with van der Waals surface area (Å²) in [5, 5.41) is 20.4. The van der Waals surface area contributed by atoms with Crippen LogP contribution in [0.1, 0.15) is 24.2 Å². The number of ether oxygens (including phenoxy) is 1. The van der Waals surface area contributed by atoms with Crippen molar-refractivity contribution in [2.24, 2.45) is 0 Å². The Hall–Kier alpha value is -2.47. The van der Waals surface area contributed by atoms with Gasteiger partial charge in [-0.05, 0) is 37.1 Å². The Morgan fingerprint density at radius 3 is 2.65 bits per heavy atom. The van der Waals surface area contributed by atoms with Crippen LogP contribution in [-0.4, -0.2) is 15.0 Å². The Morgan fingerprint density at radius 1 is 1.35 bits per heavy atom. The number of aliphatic hydroxyl groups is 1. The van der Waals surface area contributed by atoms with E-state index in [4.69, 9.17) is 4.74 Å². The van der Waals surface area contributed by atoms with Crippen molar-refractivity contribution < 1.29 is 14.8 Å². The fourth-order valence-corrected chi connectivity index (χ4v) is 1.67. The van der Waals surface area contributed by atoms with Crippen molar-refractivity contribution in [3.63, 3.8) is 0 Å². The van der Waals surface area contributed by atoms with Gasteiger partial charge in [-0.25, -0.2) is 4.98 Å². The molecular formula is C14H14N2O4. The first kappa shape index (κ1) is 14.0. The van der Waals surface area contributed by atoms with E-state index < -0.39 is 11.0 Å². The summed E-state index contributed by atoms with van der Waals surface area (Å²) >= 11 is 0. The van der Waals surface area contributed by atoms with Gasteiger partial charge in [-0.2, -0.15) is 0 Å². The number of pyridine rings is 1. The van der Waals surface area contributed by atoms with Gasteiger partial charge in [0.1, 0.15) is 0 Å². The molecule has 0 saturated carbocycles. The summed E-state index contributed by atoms with van der Waals surface area (Å²) < 4.78 is 5.43. The largest absolute Gasteiger partial charge is 0.432 e. The number of nitro benzene ring substituents is 1. The smallest absolute Gasteiger partial charge is 0.311 e. The topological polar surface area (TPSA) is 85.5 Å². The predicted octanol–water partition coefficient (Wildman–Crippen LogP) is 3.14. The van der Waals surface area contributed by atoms with Crippen LogP contribution in [0.2, 0.25) is 0 Å². The molecule has 0 saturated heterocycles. The zero-order valence-electron chi connectivity index (χ0n) is 11.1. The summed E-state index contributed by atoms with van der Waals surface area (Å²) in [6.45, 7) is 3.40. The van der Waals surface area contributed by atoms with Crippen molar-refractivity contribution in [1.29, 1.82) is 0 Å². The molecule has 1 N–H and O–H groups in total. The summed E-state index contributed by atoms with van der Waals surface area (Å²) in [6.07, 6.45) is 0.852. The Kier molecular flexibility index (Phi) is 3.95. The molecule has 1 atom stereocenters. The monoisotopic (exact) mass is 274 g/mol. The van der Waals surface area contributed by atoms with Gasteiger partial charge >= 0.3 is 5.69 Å². The van der Waals surface area contributed by atoms with Crippen LogP contribution in [0, 0.1) is 17.0 Å². The fraction of sp³-hybridized carbons (Fsp3) is 0.214. The van der Waals surface area contributed by atoms with Gasteiger partial charge in [0.25, 0.3) is 0 Å². The van der Waals surface area contributed by atoms with Gasteiger partial charge in [-0.1, -0.05) is 6.07 Å². The van der Waals surface area contributed by atoms with E-state index in [1.54, 1.807) is 32.0 Å². The number of aliphatic hydroxyl groups excluding tert-OH is 1. The second-order valence-corrected chi connectivity index (χ2v) is 4.44. The third-order valence-corrected chi connectivity index (χ3v) is 2.77. The summed E-state index contributed by atoms with van der Waals surface area (Å²) in [6, 6.07) is 7.93. The minimum absolute atomic E-state index is 0.105. The molecule has 2 aromatic rings. The Morgan fingerprint density at radius 2 is 2.10 bits per heavy atom. The molecule has 0 unspecified atom stereocenters. The molecule has 1 aromatic heterocycles. The van der Waals surface area contributed by atoms with Gasteiger partial charge in [-0.15, -0.1) is 0 Å². The predicted molar refractivity (Wildman–Crippen MR) is 72.8 cm³/mol. The van der Waals surface area contributed by atoms with Crippen LogP contribution in [-0.2, 0) is 0 Å². The van der Waals surface area contributed by atoms with E-state index >= 15 is 0 Å². The van der Waals surface area contributed by atoms with Crippen LogP contribution < -0.4 is 4.74 Å². The van der Waals surface area contributed by atoms with E-state index in [1.807, 2.05) is 0 Å². The second-order valence-electron chi connectivity index (χ2n) is 4.44. The molecule has 0 amide bonds. The van der Waals surface area contributed by atoms with Gasteiger partial charge in [0.2, 0.25) is 11.6 Å². The van der Waals surface area contributed by atoms with Gasteiger partial charge in [0.05, 0.1) is 11.0 Å². The fourth-order valence-electron chi connectivity index (χ4n) is 1.67. The first-order chi connectivity index (χ1) is 9.47. The first-order valence-electron chi connectivity index (χ1n) is 6.04. The standard InChI is InChI=1S/C14H14N2O4/c1-9-3-5-13(12(7-9)16(18)19)20-14-6-4-11(8-15-14)10(2)17/h3-8,10,17H,1-2H3/t10-/m0/s1. The number of rotatable bonds is 4. The van der Waals surface area contributed by atoms with Crippen LogP contribution in [0.3, 0.4) is 0 Å². The lowest BCUT2D eigenvalue weighted by molar-refractivity contribution is -0.385. The molecular weight excluding hydrogens is 260 g/mol. The number of benzene rings is 1. The average molecular weight is 274 g/mol. The minimum Gasteiger partial charge on any atom is -0.432 e. The van der Waals surface area contributed by atoms with Crippen molar-refractivity contribution in [2.45, 2.75) is 20.0 Å². The maximum atomic E-state index is 11.0. The van der Waals surface area contributed by atoms with E-state index in [-0.39, 0.29) is 17.3 Å². The van der Waals surface area contributed by atoms with Crippen LogP contribution in [0.15, 0.2) is 36.5 Å². The number of nitro groups is 1. The number of nitrogens with zero attached hydrogens (tertiary/aromatic N) is 2. The van der Waals surface area contributed by atoms with Crippen molar-refractivity contribution in [3.8, 4) is 11.6 Å². The quantitative estimate of drug-likeness (QED) is 0.683. The molecule has 0 aliphatic rings. The van der Waals surface area contributed by atoms with Crippen molar-refractivity contribution in [3.05, 3.63) is 57.8 Å². The molecule has 0 fully saturated rings.